The molecular weight excluding hydrogens is 420 g/mol. The summed E-state index contributed by atoms with van der Waals surface area (Å²) in [6.07, 6.45) is 0. The van der Waals surface area contributed by atoms with Gasteiger partial charge in [-0.1, -0.05) is 36.4 Å². The van der Waals surface area contributed by atoms with Gasteiger partial charge in [0.15, 0.2) is 0 Å². The molecule has 33 heavy (non-hydrogen) atoms. The van der Waals surface area contributed by atoms with Gasteiger partial charge in [-0.05, 0) is 47.5 Å². The summed E-state index contributed by atoms with van der Waals surface area (Å²) in [7, 11) is 3.17. The smallest absolute Gasteiger partial charge is 0.265 e. The third kappa shape index (κ3) is 4.67. The van der Waals surface area contributed by atoms with Crippen LogP contribution in [0.25, 0.3) is 10.9 Å². The fraction of sp³-hybridized carbons (Fsp3) is 0.154. The molecule has 3 aromatic carbocycles. The molecule has 0 atom stereocenters. The van der Waals surface area contributed by atoms with Crippen molar-refractivity contribution < 1.29 is 19.4 Å². The van der Waals surface area contributed by atoms with Crippen LogP contribution in [0.5, 0.6) is 17.2 Å². The number of hydrogen-bond acceptors (Lipinski definition) is 5. The van der Waals surface area contributed by atoms with Crippen LogP contribution < -0.4 is 15.0 Å². The van der Waals surface area contributed by atoms with E-state index in [-0.39, 0.29) is 24.4 Å². The van der Waals surface area contributed by atoms with E-state index in [0.717, 1.165) is 11.1 Å². The second-order valence-corrected chi connectivity index (χ2v) is 7.58. The second kappa shape index (κ2) is 9.48. The minimum absolute atomic E-state index is 0.237. The topological polar surface area (TPSA) is 91.9 Å². The number of fused-ring (bicyclic) bond motifs is 1. The van der Waals surface area contributed by atoms with Gasteiger partial charge in [0.05, 0.1) is 19.7 Å². The Morgan fingerprint density at radius 1 is 0.848 bits per heavy atom. The Balaban J connectivity index is 1.73. The van der Waals surface area contributed by atoms with Crippen molar-refractivity contribution in [1.29, 1.82) is 0 Å². The summed E-state index contributed by atoms with van der Waals surface area (Å²) in [5.74, 6) is 0.519. The number of aromatic nitrogens is 1. The number of ether oxygens (including phenoxy) is 2. The lowest BCUT2D eigenvalue weighted by atomic mass is 10.1. The molecule has 7 heteroatoms. The number of benzene rings is 3. The van der Waals surface area contributed by atoms with Crippen LogP contribution in [0.1, 0.15) is 21.5 Å². The van der Waals surface area contributed by atoms with Gasteiger partial charge in [0.2, 0.25) is 0 Å². The molecule has 1 heterocycles. The van der Waals surface area contributed by atoms with Gasteiger partial charge in [0, 0.05) is 18.5 Å². The zero-order chi connectivity index (χ0) is 23.4. The summed E-state index contributed by atoms with van der Waals surface area (Å²) >= 11 is 0. The monoisotopic (exact) mass is 444 g/mol. The van der Waals surface area contributed by atoms with Gasteiger partial charge < -0.3 is 24.5 Å². The summed E-state index contributed by atoms with van der Waals surface area (Å²) in [4.78, 5) is 30.6. The number of aromatic hydroxyl groups is 1. The lowest BCUT2D eigenvalue weighted by Gasteiger charge is -2.24. The SMILES string of the molecule is COc1ccc(CN(Cc2ccc(OC)cc2)C(=O)c2c(O)c3ccccc3[nH]c2=O)cc1. The summed E-state index contributed by atoms with van der Waals surface area (Å²) in [5, 5.41) is 11.2. The number of carbonyl (C=O) groups excluding carboxylic acids is 1. The quantitative estimate of drug-likeness (QED) is 0.448. The maximum Gasteiger partial charge on any atom is 0.265 e. The number of rotatable bonds is 7. The van der Waals surface area contributed by atoms with Gasteiger partial charge in [-0.2, -0.15) is 0 Å². The molecule has 0 unspecified atom stereocenters. The van der Waals surface area contributed by atoms with Crippen LogP contribution in [-0.2, 0) is 13.1 Å². The first-order chi connectivity index (χ1) is 16.0. The Morgan fingerprint density at radius 2 is 1.36 bits per heavy atom. The molecule has 0 aliphatic carbocycles. The molecule has 0 spiro atoms. The molecular formula is C26H24N2O5. The normalized spacial score (nSPS) is 10.7. The van der Waals surface area contributed by atoms with E-state index in [9.17, 15) is 14.7 Å². The molecule has 0 fully saturated rings. The first-order valence-corrected chi connectivity index (χ1v) is 10.4. The zero-order valence-electron chi connectivity index (χ0n) is 18.4. The highest BCUT2D eigenvalue weighted by molar-refractivity contribution is 6.02. The van der Waals surface area contributed by atoms with Crippen molar-refractivity contribution in [3.8, 4) is 17.2 Å². The molecule has 0 aliphatic rings. The van der Waals surface area contributed by atoms with Gasteiger partial charge in [0.1, 0.15) is 22.8 Å². The van der Waals surface area contributed by atoms with Gasteiger partial charge in [-0.3, -0.25) is 9.59 Å². The van der Waals surface area contributed by atoms with E-state index in [1.54, 1.807) is 38.5 Å². The molecule has 0 saturated carbocycles. The second-order valence-electron chi connectivity index (χ2n) is 7.58. The number of methoxy groups -OCH3 is 2. The Bertz CT molecular complexity index is 1280. The number of amides is 1. The number of para-hydroxylation sites is 1. The average molecular weight is 444 g/mol. The molecule has 7 nitrogen and oxygen atoms in total. The van der Waals surface area contributed by atoms with E-state index in [2.05, 4.69) is 4.98 Å². The molecule has 0 aliphatic heterocycles. The number of nitrogens with zero attached hydrogens (tertiary/aromatic N) is 1. The minimum atomic E-state index is -0.634. The fourth-order valence-corrected chi connectivity index (χ4v) is 3.68. The number of carbonyl (C=O) groups is 1. The highest BCUT2D eigenvalue weighted by atomic mass is 16.5. The predicted octanol–water partition coefficient (Wildman–Crippen LogP) is 4.09. The van der Waals surface area contributed by atoms with Crippen LogP contribution in [0.4, 0.5) is 0 Å². The number of aromatic amines is 1. The van der Waals surface area contributed by atoms with Crippen LogP contribution in [0.2, 0.25) is 0 Å². The van der Waals surface area contributed by atoms with Crippen LogP contribution >= 0.6 is 0 Å². The first kappa shape index (κ1) is 22.0. The molecule has 2 N–H and O–H groups in total. The maximum absolute atomic E-state index is 13.6. The Morgan fingerprint density at radius 3 is 1.88 bits per heavy atom. The molecule has 168 valence electrons. The third-order valence-electron chi connectivity index (χ3n) is 5.46. The summed E-state index contributed by atoms with van der Waals surface area (Å²) in [6.45, 7) is 0.473. The Labute approximate surface area is 190 Å². The van der Waals surface area contributed by atoms with Crippen LogP contribution in [-0.4, -0.2) is 35.1 Å². The summed E-state index contributed by atoms with van der Waals surface area (Å²) in [6, 6.07) is 21.5. The summed E-state index contributed by atoms with van der Waals surface area (Å²) in [5.41, 5.74) is 1.26. The molecule has 0 bridgehead atoms. The zero-order valence-corrected chi connectivity index (χ0v) is 18.4. The standard InChI is InChI=1S/C26H24N2O5/c1-32-19-11-7-17(8-12-19)15-28(16-18-9-13-20(33-2)14-10-18)26(31)23-24(29)21-5-3-4-6-22(21)27-25(23)30/h3-14H,15-16H2,1-2H3,(H2,27,29,30). The first-order valence-electron chi connectivity index (χ1n) is 10.4. The van der Waals surface area contributed by atoms with Crippen LogP contribution in [0.15, 0.2) is 77.6 Å². The number of hydrogen-bond donors (Lipinski definition) is 2. The molecule has 0 saturated heterocycles. The highest BCUT2D eigenvalue weighted by Gasteiger charge is 2.25. The van der Waals surface area contributed by atoms with Crippen molar-refractivity contribution in [2.75, 3.05) is 14.2 Å². The third-order valence-corrected chi connectivity index (χ3v) is 5.46. The van der Waals surface area contributed by atoms with Crippen molar-refractivity contribution in [2.24, 2.45) is 0 Å². The average Bonchev–Trinajstić information content (AvgIpc) is 2.84. The number of nitrogens with one attached hydrogen (secondary N) is 1. The van der Waals surface area contributed by atoms with E-state index in [0.29, 0.717) is 22.4 Å². The number of H-pyrrole nitrogens is 1. The van der Waals surface area contributed by atoms with Crippen molar-refractivity contribution in [3.05, 3.63) is 99.8 Å². The van der Waals surface area contributed by atoms with E-state index in [1.165, 1.54) is 4.90 Å². The Kier molecular flexibility index (Phi) is 6.31. The van der Waals surface area contributed by atoms with E-state index in [1.807, 2.05) is 48.5 Å². The molecule has 4 aromatic rings. The predicted molar refractivity (Wildman–Crippen MR) is 126 cm³/mol. The van der Waals surface area contributed by atoms with Crippen molar-refractivity contribution in [2.45, 2.75) is 13.1 Å². The molecule has 1 amide bonds. The van der Waals surface area contributed by atoms with Crippen molar-refractivity contribution in [1.82, 2.24) is 9.88 Å². The minimum Gasteiger partial charge on any atom is -0.506 e. The van der Waals surface area contributed by atoms with Gasteiger partial charge >= 0.3 is 0 Å². The van der Waals surface area contributed by atoms with Crippen molar-refractivity contribution in [3.63, 3.8) is 0 Å². The lowest BCUT2D eigenvalue weighted by Crippen LogP contribution is -2.34. The summed E-state index contributed by atoms with van der Waals surface area (Å²) < 4.78 is 10.4. The molecule has 1 aromatic heterocycles. The van der Waals surface area contributed by atoms with Crippen LogP contribution in [0.3, 0.4) is 0 Å². The van der Waals surface area contributed by atoms with E-state index >= 15 is 0 Å². The largest absolute Gasteiger partial charge is 0.506 e. The number of pyridine rings is 1. The van der Waals surface area contributed by atoms with Crippen LogP contribution in [0, 0.1) is 0 Å². The van der Waals surface area contributed by atoms with Gasteiger partial charge in [-0.15, -0.1) is 0 Å². The van der Waals surface area contributed by atoms with E-state index < -0.39 is 11.5 Å². The Hall–Kier alpha value is -4.26. The lowest BCUT2D eigenvalue weighted by molar-refractivity contribution is 0.0725. The molecule has 4 rings (SSSR count). The highest BCUT2D eigenvalue weighted by Crippen LogP contribution is 2.27. The van der Waals surface area contributed by atoms with Gasteiger partial charge in [-0.25, -0.2) is 0 Å². The maximum atomic E-state index is 13.6. The van der Waals surface area contributed by atoms with Gasteiger partial charge in [0.25, 0.3) is 11.5 Å². The van der Waals surface area contributed by atoms with E-state index in [4.69, 9.17) is 9.47 Å². The fourth-order valence-electron chi connectivity index (χ4n) is 3.68. The van der Waals surface area contributed by atoms with Crippen molar-refractivity contribution >= 4 is 16.8 Å². The molecule has 0 radical (unpaired) electrons.